The molecule has 0 aromatic heterocycles. The van der Waals surface area contributed by atoms with Crippen molar-refractivity contribution in [3.63, 3.8) is 0 Å². The minimum Gasteiger partial charge on any atom is -0.494 e. The van der Waals surface area contributed by atoms with E-state index < -0.39 is 11.4 Å². The molecule has 0 spiro atoms. The van der Waals surface area contributed by atoms with Gasteiger partial charge >= 0.3 is 5.97 Å². The van der Waals surface area contributed by atoms with Crippen LogP contribution in [-0.2, 0) is 20.8 Å². The summed E-state index contributed by atoms with van der Waals surface area (Å²) in [5.41, 5.74) is 0.452. The molecule has 0 unspecified atom stereocenters. The Morgan fingerprint density at radius 3 is 2.66 bits per heavy atom. The van der Waals surface area contributed by atoms with E-state index in [0.717, 1.165) is 64.5 Å². The molecule has 3 aliphatic rings. The van der Waals surface area contributed by atoms with Gasteiger partial charge in [0.25, 0.3) is 0 Å². The first-order valence-electron chi connectivity index (χ1n) is 10.7. The zero-order valence-corrected chi connectivity index (χ0v) is 17.1. The summed E-state index contributed by atoms with van der Waals surface area (Å²) < 4.78 is 16.8. The number of benzene rings is 1. The number of rotatable bonds is 8. The summed E-state index contributed by atoms with van der Waals surface area (Å²) in [5.74, 6) is 0.356. The molecule has 160 valence electrons. The average molecular weight is 405 g/mol. The summed E-state index contributed by atoms with van der Waals surface area (Å²) in [6.07, 6.45) is 1.84. The second kappa shape index (κ2) is 9.43. The predicted molar refractivity (Wildman–Crippen MR) is 108 cm³/mol. The lowest BCUT2D eigenvalue weighted by Crippen LogP contribution is -2.46. The third-order valence-electron chi connectivity index (χ3n) is 6.48. The van der Waals surface area contributed by atoms with Gasteiger partial charge in [0.2, 0.25) is 0 Å². The van der Waals surface area contributed by atoms with Gasteiger partial charge < -0.3 is 19.3 Å². The number of nitrogens with zero attached hydrogens (tertiary/aromatic N) is 2. The molecule has 2 atom stereocenters. The molecule has 0 aliphatic carbocycles. The first kappa shape index (κ1) is 20.6. The van der Waals surface area contributed by atoms with Gasteiger partial charge in [-0.3, -0.25) is 14.6 Å². The van der Waals surface area contributed by atoms with Crippen LogP contribution in [-0.4, -0.2) is 86.6 Å². The third kappa shape index (κ3) is 4.91. The summed E-state index contributed by atoms with van der Waals surface area (Å²) in [5, 5.41) is 9.77. The minimum absolute atomic E-state index is 0.183. The van der Waals surface area contributed by atoms with Crippen LogP contribution in [0.5, 0.6) is 5.75 Å². The first-order chi connectivity index (χ1) is 14.2. The van der Waals surface area contributed by atoms with E-state index in [1.54, 1.807) is 0 Å². The molecule has 7 heteroatoms. The van der Waals surface area contributed by atoms with Gasteiger partial charge in [-0.1, -0.05) is 12.1 Å². The standard InChI is InChI=1S/C22H32N2O5/c25-21(26)22-16-24(15-19(22)6-11-28-17-22)14-18-2-4-20(5-3-18)29-10-1-7-23-8-12-27-13-9-23/h2-5,19H,1,6-17H2,(H,25,26)/t19-,22+/m0/s1. The molecule has 1 N–H and O–H groups in total. The number of fused-ring (bicyclic) bond motifs is 1. The van der Waals surface area contributed by atoms with Crippen molar-refractivity contribution in [3.05, 3.63) is 29.8 Å². The Kier molecular flexibility index (Phi) is 6.70. The van der Waals surface area contributed by atoms with Crippen LogP contribution in [0, 0.1) is 11.3 Å². The molecule has 3 saturated heterocycles. The van der Waals surface area contributed by atoms with Crippen LogP contribution in [0.15, 0.2) is 24.3 Å². The van der Waals surface area contributed by atoms with E-state index in [0.29, 0.717) is 26.4 Å². The van der Waals surface area contributed by atoms with E-state index in [2.05, 4.69) is 21.9 Å². The molecule has 0 radical (unpaired) electrons. The lowest BCUT2D eigenvalue weighted by atomic mass is 9.76. The molecule has 29 heavy (non-hydrogen) atoms. The monoisotopic (exact) mass is 404 g/mol. The van der Waals surface area contributed by atoms with Crippen molar-refractivity contribution < 1.29 is 24.1 Å². The summed E-state index contributed by atoms with van der Waals surface area (Å²) >= 11 is 0. The lowest BCUT2D eigenvalue weighted by molar-refractivity contribution is -0.159. The van der Waals surface area contributed by atoms with Crippen molar-refractivity contribution in [2.45, 2.75) is 19.4 Å². The summed E-state index contributed by atoms with van der Waals surface area (Å²) in [6.45, 7) is 8.62. The number of morpholine rings is 1. The van der Waals surface area contributed by atoms with Gasteiger partial charge in [-0.05, 0) is 36.5 Å². The van der Waals surface area contributed by atoms with Gasteiger partial charge in [-0.2, -0.15) is 0 Å². The molecule has 0 bridgehead atoms. The second-order valence-electron chi connectivity index (χ2n) is 8.47. The maximum Gasteiger partial charge on any atom is 0.313 e. The van der Waals surface area contributed by atoms with Crippen LogP contribution >= 0.6 is 0 Å². The number of hydrogen-bond donors (Lipinski definition) is 1. The number of likely N-dealkylation sites (tertiary alicyclic amines) is 1. The Hall–Kier alpha value is -1.67. The molecule has 3 aliphatic heterocycles. The molecule has 7 nitrogen and oxygen atoms in total. The van der Waals surface area contributed by atoms with Crippen molar-refractivity contribution >= 4 is 5.97 Å². The Morgan fingerprint density at radius 1 is 1.14 bits per heavy atom. The second-order valence-corrected chi connectivity index (χ2v) is 8.47. The summed E-state index contributed by atoms with van der Waals surface area (Å²) in [4.78, 5) is 16.6. The number of carbonyl (C=O) groups is 1. The normalized spacial score (nSPS) is 28.2. The van der Waals surface area contributed by atoms with E-state index in [1.807, 2.05) is 12.1 Å². The van der Waals surface area contributed by atoms with Gasteiger partial charge in [0.1, 0.15) is 11.2 Å². The molecule has 4 rings (SSSR count). The van der Waals surface area contributed by atoms with Crippen LogP contribution in [0.1, 0.15) is 18.4 Å². The molecule has 0 amide bonds. The van der Waals surface area contributed by atoms with E-state index >= 15 is 0 Å². The highest BCUT2D eigenvalue weighted by molar-refractivity contribution is 5.76. The summed E-state index contributed by atoms with van der Waals surface area (Å²) in [6, 6.07) is 8.21. The molecule has 1 aromatic rings. The van der Waals surface area contributed by atoms with Gasteiger partial charge in [0.15, 0.2) is 0 Å². The SMILES string of the molecule is O=C(O)[C@]12COCC[C@H]1CN(Cc1ccc(OCCCN3CCOCC3)cc1)C2. The van der Waals surface area contributed by atoms with Gasteiger partial charge in [-0.15, -0.1) is 0 Å². The highest BCUT2D eigenvalue weighted by Crippen LogP contribution is 2.42. The predicted octanol–water partition coefficient (Wildman–Crippen LogP) is 1.71. The molecular weight excluding hydrogens is 372 g/mol. The van der Waals surface area contributed by atoms with E-state index in [9.17, 15) is 9.90 Å². The maximum atomic E-state index is 11.9. The van der Waals surface area contributed by atoms with Crippen molar-refractivity contribution in [1.82, 2.24) is 9.80 Å². The average Bonchev–Trinajstić information content (AvgIpc) is 3.12. The number of carboxylic acids is 1. The maximum absolute atomic E-state index is 11.9. The molecule has 1 aromatic carbocycles. The smallest absolute Gasteiger partial charge is 0.313 e. The Morgan fingerprint density at radius 2 is 1.93 bits per heavy atom. The fraction of sp³-hybridized carbons (Fsp3) is 0.682. The van der Waals surface area contributed by atoms with E-state index in [1.165, 1.54) is 5.56 Å². The fourth-order valence-electron chi connectivity index (χ4n) is 4.77. The Balaban J connectivity index is 1.23. The zero-order chi connectivity index (χ0) is 20.1. The van der Waals surface area contributed by atoms with Crippen LogP contribution in [0.2, 0.25) is 0 Å². The molecular formula is C22H32N2O5. The molecule has 3 heterocycles. The number of ether oxygens (including phenoxy) is 3. The van der Waals surface area contributed by atoms with E-state index in [-0.39, 0.29) is 5.92 Å². The largest absolute Gasteiger partial charge is 0.494 e. The van der Waals surface area contributed by atoms with Crippen molar-refractivity contribution in [3.8, 4) is 5.75 Å². The fourth-order valence-corrected chi connectivity index (χ4v) is 4.77. The number of hydrogen-bond acceptors (Lipinski definition) is 6. The molecule has 0 saturated carbocycles. The highest BCUT2D eigenvalue weighted by Gasteiger charge is 2.53. The van der Waals surface area contributed by atoms with Crippen LogP contribution in [0.4, 0.5) is 0 Å². The number of carboxylic acid groups (broad SMARTS) is 1. The zero-order valence-electron chi connectivity index (χ0n) is 17.1. The first-order valence-corrected chi connectivity index (χ1v) is 10.7. The quantitative estimate of drug-likeness (QED) is 0.662. The van der Waals surface area contributed by atoms with Gasteiger partial charge in [0, 0.05) is 45.9 Å². The van der Waals surface area contributed by atoms with Crippen LogP contribution < -0.4 is 4.74 Å². The minimum atomic E-state index is -0.734. The Bertz CT molecular complexity index is 676. The topological polar surface area (TPSA) is 71.5 Å². The Labute approximate surface area is 172 Å². The summed E-state index contributed by atoms with van der Waals surface area (Å²) in [7, 11) is 0. The van der Waals surface area contributed by atoms with Crippen LogP contribution in [0.3, 0.4) is 0 Å². The lowest BCUT2D eigenvalue weighted by Gasteiger charge is -2.34. The van der Waals surface area contributed by atoms with Gasteiger partial charge in [0.05, 0.1) is 26.4 Å². The third-order valence-corrected chi connectivity index (χ3v) is 6.48. The number of aliphatic carboxylic acids is 1. The van der Waals surface area contributed by atoms with E-state index in [4.69, 9.17) is 14.2 Å². The highest BCUT2D eigenvalue weighted by atomic mass is 16.5. The van der Waals surface area contributed by atoms with Crippen molar-refractivity contribution in [2.75, 3.05) is 65.8 Å². The van der Waals surface area contributed by atoms with Gasteiger partial charge in [-0.25, -0.2) is 0 Å². The van der Waals surface area contributed by atoms with Crippen molar-refractivity contribution in [2.24, 2.45) is 11.3 Å². The van der Waals surface area contributed by atoms with Crippen molar-refractivity contribution in [1.29, 1.82) is 0 Å². The molecule has 3 fully saturated rings. The van der Waals surface area contributed by atoms with Crippen LogP contribution in [0.25, 0.3) is 0 Å².